The van der Waals surface area contributed by atoms with Gasteiger partial charge >= 0.3 is 0 Å². The molecule has 10 unspecified atom stereocenters. The molecule has 10 atom stereocenters. The molecule has 3 rings (SSSR count). The normalized spacial score (nSPS) is 42.3. The van der Waals surface area contributed by atoms with Gasteiger partial charge in [0.05, 0.1) is 19.3 Å². The lowest BCUT2D eigenvalue weighted by Crippen LogP contribution is -2.58. The molecule has 0 saturated carbocycles. The van der Waals surface area contributed by atoms with E-state index < -0.39 is 74.3 Å². The van der Waals surface area contributed by atoms with Gasteiger partial charge in [-0.3, -0.25) is 0 Å². The zero-order valence-electron chi connectivity index (χ0n) is 16.3. The van der Waals surface area contributed by atoms with Gasteiger partial charge in [-0.15, -0.1) is 0 Å². The van der Waals surface area contributed by atoms with Gasteiger partial charge in [0.25, 0.3) is 0 Å². The first-order valence-corrected chi connectivity index (χ1v) is 9.98. The van der Waals surface area contributed by atoms with Crippen LogP contribution >= 0.6 is 0 Å². The van der Waals surface area contributed by atoms with Crippen LogP contribution in [0.4, 0.5) is 0 Å². The van der Waals surface area contributed by atoms with E-state index in [0.717, 1.165) is 5.56 Å². The lowest BCUT2D eigenvalue weighted by Gasteiger charge is -2.40. The first-order chi connectivity index (χ1) is 14.3. The number of aliphatic hydroxyl groups excluding tert-OH is 8. The Kier molecular flexibility index (Phi) is 7.80. The Morgan fingerprint density at radius 3 is 1.87 bits per heavy atom. The van der Waals surface area contributed by atoms with Crippen LogP contribution in [0.2, 0.25) is 0 Å². The Morgan fingerprint density at radius 2 is 1.23 bits per heavy atom. The first kappa shape index (κ1) is 23.5. The van der Waals surface area contributed by atoms with Crippen molar-refractivity contribution in [3.63, 3.8) is 0 Å². The summed E-state index contributed by atoms with van der Waals surface area (Å²) >= 11 is 0. The van der Waals surface area contributed by atoms with Crippen molar-refractivity contribution in [3.05, 3.63) is 35.4 Å². The minimum Gasteiger partial charge on any atom is -0.394 e. The van der Waals surface area contributed by atoms with Crippen LogP contribution in [0, 0.1) is 0 Å². The minimum atomic E-state index is -1.47. The lowest BCUT2D eigenvalue weighted by molar-refractivity contribution is -0.231. The highest BCUT2D eigenvalue weighted by Crippen LogP contribution is 2.33. The second-order valence-corrected chi connectivity index (χ2v) is 7.90. The number of ether oxygens (including phenoxy) is 2. The summed E-state index contributed by atoms with van der Waals surface area (Å²) in [5.74, 6) is 0. The standard InChI is InChI=1S/C20H30O10/c21-7-12-15(24)17(26)14(23)11(29-12)5-4-9-2-1-3-10(6-9)20-19(28)18(27)16(25)13(8-22)30-20/h1-3,6,11-28H,4-5,7-8H2. The molecule has 170 valence electrons. The van der Waals surface area contributed by atoms with Crippen molar-refractivity contribution >= 4 is 0 Å². The lowest BCUT2D eigenvalue weighted by atomic mass is 9.89. The van der Waals surface area contributed by atoms with Crippen LogP contribution < -0.4 is 0 Å². The zero-order chi connectivity index (χ0) is 22.0. The molecule has 0 spiro atoms. The van der Waals surface area contributed by atoms with Gasteiger partial charge in [-0.1, -0.05) is 24.3 Å². The van der Waals surface area contributed by atoms with E-state index in [1.54, 1.807) is 24.3 Å². The fraction of sp³-hybridized carbons (Fsp3) is 0.700. The summed E-state index contributed by atoms with van der Waals surface area (Å²) in [6.07, 6.45) is -11.5. The van der Waals surface area contributed by atoms with Crippen LogP contribution in [-0.2, 0) is 15.9 Å². The van der Waals surface area contributed by atoms with Gasteiger partial charge in [0.2, 0.25) is 0 Å². The summed E-state index contributed by atoms with van der Waals surface area (Å²) in [6, 6.07) is 6.94. The van der Waals surface area contributed by atoms with Gasteiger partial charge in [-0.25, -0.2) is 0 Å². The summed E-state index contributed by atoms with van der Waals surface area (Å²) in [6.45, 7) is -1.01. The van der Waals surface area contributed by atoms with Crippen LogP contribution in [0.15, 0.2) is 24.3 Å². The molecule has 0 radical (unpaired) electrons. The smallest absolute Gasteiger partial charge is 0.113 e. The quantitative estimate of drug-likeness (QED) is 0.231. The van der Waals surface area contributed by atoms with E-state index in [4.69, 9.17) is 9.47 Å². The highest BCUT2D eigenvalue weighted by Gasteiger charge is 2.44. The monoisotopic (exact) mass is 430 g/mol. The topological polar surface area (TPSA) is 180 Å². The van der Waals surface area contributed by atoms with Crippen LogP contribution in [0.3, 0.4) is 0 Å². The van der Waals surface area contributed by atoms with E-state index in [1.165, 1.54) is 0 Å². The van der Waals surface area contributed by atoms with Crippen molar-refractivity contribution in [3.8, 4) is 0 Å². The highest BCUT2D eigenvalue weighted by molar-refractivity contribution is 5.27. The van der Waals surface area contributed by atoms with E-state index in [1.807, 2.05) is 0 Å². The van der Waals surface area contributed by atoms with Gasteiger partial charge in [0, 0.05) is 0 Å². The van der Waals surface area contributed by atoms with Crippen molar-refractivity contribution in [2.75, 3.05) is 13.2 Å². The number of rotatable bonds is 6. The van der Waals surface area contributed by atoms with Gasteiger partial charge in [0.1, 0.15) is 54.9 Å². The van der Waals surface area contributed by atoms with Gasteiger partial charge in [-0.2, -0.15) is 0 Å². The molecule has 8 N–H and O–H groups in total. The molecule has 1 aromatic carbocycles. The number of hydrogen-bond acceptors (Lipinski definition) is 10. The molecule has 0 bridgehead atoms. The molecule has 1 aromatic rings. The average molecular weight is 430 g/mol. The van der Waals surface area contributed by atoms with E-state index in [-0.39, 0.29) is 0 Å². The van der Waals surface area contributed by atoms with E-state index >= 15 is 0 Å². The SMILES string of the molecule is OCC1OC(CCc2cccc(C3OC(CO)C(O)C(O)C3O)c2)C(O)C(O)C1O. The molecule has 0 amide bonds. The van der Waals surface area contributed by atoms with Crippen LogP contribution in [0.1, 0.15) is 23.7 Å². The molecule has 2 aliphatic rings. The number of hydrogen-bond donors (Lipinski definition) is 8. The van der Waals surface area contributed by atoms with Crippen molar-refractivity contribution in [2.24, 2.45) is 0 Å². The summed E-state index contributed by atoms with van der Waals surface area (Å²) < 4.78 is 11.1. The third kappa shape index (κ3) is 4.68. The molecular weight excluding hydrogens is 400 g/mol. The molecule has 2 saturated heterocycles. The average Bonchev–Trinajstić information content (AvgIpc) is 2.76. The van der Waals surface area contributed by atoms with Crippen LogP contribution in [0.5, 0.6) is 0 Å². The Bertz CT molecular complexity index is 683. The predicted octanol–water partition coefficient (Wildman–Crippen LogP) is -3.02. The van der Waals surface area contributed by atoms with Crippen LogP contribution in [0.25, 0.3) is 0 Å². The maximum absolute atomic E-state index is 10.3. The largest absolute Gasteiger partial charge is 0.394 e. The molecule has 10 nitrogen and oxygen atoms in total. The van der Waals surface area contributed by atoms with Crippen molar-refractivity contribution in [1.82, 2.24) is 0 Å². The summed E-state index contributed by atoms with van der Waals surface area (Å²) in [4.78, 5) is 0. The zero-order valence-corrected chi connectivity index (χ0v) is 16.3. The van der Waals surface area contributed by atoms with E-state index in [0.29, 0.717) is 18.4 Å². The second-order valence-electron chi connectivity index (χ2n) is 7.90. The summed E-state index contributed by atoms with van der Waals surface area (Å²) in [7, 11) is 0. The maximum atomic E-state index is 10.3. The number of benzene rings is 1. The van der Waals surface area contributed by atoms with Gasteiger partial charge < -0.3 is 50.3 Å². The fourth-order valence-corrected chi connectivity index (χ4v) is 4.03. The molecule has 10 heteroatoms. The number of aryl methyl sites for hydroxylation is 1. The molecule has 2 aliphatic heterocycles. The predicted molar refractivity (Wildman–Crippen MR) is 101 cm³/mol. The molecule has 30 heavy (non-hydrogen) atoms. The van der Waals surface area contributed by atoms with Crippen LogP contribution in [-0.4, -0.2) is 109 Å². The second kappa shape index (κ2) is 9.96. The van der Waals surface area contributed by atoms with E-state index in [2.05, 4.69) is 0 Å². The van der Waals surface area contributed by atoms with Crippen molar-refractivity contribution in [2.45, 2.75) is 73.9 Å². The maximum Gasteiger partial charge on any atom is 0.113 e. The highest BCUT2D eigenvalue weighted by atomic mass is 16.6. The van der Waals surface area contributed by atoms with Gasteiger partial charge in [-0.05, 0) is 24.0 Å². The number of aliphatic hydroxyl groups is 8. The van der Waals surface area contributed by atoms with Crippen molar-refractivity contribution in [1.29, 1.82) is 0 Å². The van der Waals surface area contributed by atoms with Crippen molar-refractivity contribution < 1.29 is 50.3 Å². The molecular formula is C20H30O10. The third-order valence-corrected chi connectivity index (χ3v) is 5.88. The molecule has 2 fully saturated rings. The first-order valence-electron chi connectivity index (χ1n) is 9.98. The minimum absolute atomic E-state index is 0.291. The Morgan fingerprint density at radius 1 is 0.667 bits per heavy atom. The van der Waals surface area contributed by atoms with Gasteiger partial charge in [0.15, 0.2) is 0 Å². The van der Waals surface area contributed by atoms with E-state index in [9.17, 15) is 40.9 Å². The Hall–Kier alpha value is -1.18. The third-order valence-electron chi connectivity index (χ3n) is 5.88. The summed E-state index contributed by atoms with van der Waals surface area (Å²) in [5, 5.41) is 78.8. The molecule has 0 aromatic heterocycles. The summed E-state index contributed by atoms with van der Waals surface area (Å²) in [5.41, 5.74) is 1.33. The molecule has 0 aliphatic carbocycles. The molecule has 2 heterocycles. The Labute approximate surface area is 173 Å². The Balaban J connectivity index is 1.68. The fourth-order valence-electron chi connectivity index (χ4n) is 4.03.